The number of phenolic OH excluding ortho intramolecular Hbond substituents is 1. The Morgan fingerprint density at radius 1 is 0.828 bits per heavy atom. The van der Waals surface area contributed by atoms with Gasteiger partial charge in [0.2, 0.25) is 0 Å². The maximum atomic E-state index is 13.1. The van der Waals surface area contributed by atoms with Gasteiger partial charge in [0.05, 0.1) is 31.5 Å². The summed E-state index contributed by atoms with van der Waals surface area (Å²) in [7, 11) is 1.52. The van der Waals surface area contributed by atoms with E-state index in [0.29, 0.717) is 24.7 Å². The summed E-state index contributed by atoms with van der Waals surface area (Å²) in [6, 6.07) is 10.2. The number of aromatic hydroxyl groups is 1. The number of phenols is 1. The molecule has 0 fully saturated rings. The lowest BCUT2D eigenvalue weighted by atomic mass is 10.1. The Balaban J connectivity index is 0.000000291. The van der Waals surface area contributed by atoms with Crippen LogP contribution in [-0.2, 0) is 22.7 Å². The van der Waals surface area contributed by atoms with Crippen molar-refractivity contribution in [1.29, 1.82) is 0 Å². The quantitative estimate of drug-likeness (QED) is 0.645. The number of aryl methyl sites for hydroxylation is 1. The van der Waals surface area contributed by atoms with Gasteiger partial charge in [-0.3, -0.25) is 0 Å². The van der Waals surface area contributed by atoms with Gasteiger partial charge < -0.3 is 19.3 Å². The Morgan fingerprint density at radius 3 is 1.86 bits per heavy atom. The lowest BCUT2D eigenvalue weighted by Gasteiger charge is -2.19. The zero-order chi connectivity index (χ0) is 22.2. The largest absolute Gasteiger partial charge is 0.508 e. The molecule has 0 spiro atoms. The van der Waals surface area contributed by atoms with Crippen LogP contribution in [0.2, 0.25) is 0 Å². The maximum absolute atomic E-state index is 13.1. The number of benzene rings is 2. The Kier molecular flexibility index (Phi) is 9.12. The van der Waals surface area contributed by atoms with Crippen LogP contribution < -0.4 is 4.74 Å². The highest BCUT2D eigenvalue weighted by molar-refractivity contribution is 5.35. The smallest absolute Gasteiger partial charge is 0.127 e. The van der Waals surface area contributed by atoms with Crippen LogP contribution in [0.3, 0.4) is 0 Å². The van der Waals surface area contributed by atoms with Gasteiger partial charge in [-0.1, -0.05) is 12.1 Å². The predicted octanol–water partition coefficient (Wildman–Crippen LogP) is 6.17. The molecule has 2 aromatic rings. The van der Waals surface area contributed by atoms with E-state index in [1.807, 2.05) is 60.6 Å². The SMILES string of the molecule is COc1cc(F)cc(COC(C)(C)C)c1.Cc1ccc(COC(C)(C)C)cc1O. The number of methoxy groups -OCH3 is 1. The fraction of sp³-hybridized carbons (Fsp3) is 0.500. The van der Waals surface area contributed by atoms with Crippen molar-refractivity contribution in [3.63, 3.8) is 0 Å². The fourth-order valence-corrected chi connectivity index (χ4v) is 2.17. The highest BCUT2D eigenvalue weighted by Crippen LogP contribution is 2.20. The molecule has 0 aliphatic heterocycles. The molecule has 0 aromatic heterocycles. The second kappa shape index (κ2) is 10.6. The van der Waals surface area contributed by atoms with Crippen LogP contribution in [0.5, 0.6) is 11.5 Å². The molecular formula is C24H35FO4. The van der Waals surface area contributed by atoms with Crippen LogP contribution in [0, 0.1) is 12.7 Å². The first-order valence-electron chi connectivity index (χ1n) is 9.69. The van der Waals surface area contributed by atoms with Gasteiger partial charge in [0, 0.05) is 6.07 Å². The van der Waals surface area contributed by atoms with Gasteiger partial charge in [-0.25, -0.2) is 4.39 Å². The Labute approximate surface area is 174 Å². The average Bonchev–Trinajstić information content (AvgIpc) is 2.60. The molecule has 162 valence electrons. The zero-order valence-electron chi connectivity index (χ0n) is 18.9. The monoisotopic (exact) mass is 406 g/mol. The zero-order valence-corrected chi connectivity index (χ0v) is 18.9. The van der Waals surface area contributed by atoms with Crippen LogP contribution in [0.4, 0.5) is 4.39 Å². The summed E-state index contributed by atoms with van der Waals surface area (Å²) in [6.07, 6.45) is 0. The molecule has 2 aromatic carbocycles. The van der Waals surface area contributed by atoms with Crippen molar-refractivity contribution in [2.75, 3.05) is 7.11 Å². The molecule has 0 unspecified atom stereocenters. The van der Waals surface area contributed by atoms with Gasteiger partial charge in [-0.15, -0.1) is 0 Å². The molecule has 1 N–H and O–H groups in total. The summed E-state index contributed by atoms with van der Waals surface area (Å²) in [5, 5.41) is 9.47. The van der Waals surface area contributed by atoms with E-state index in [-0.39, 0.29) is 17.0 Å². The Morgan fingerprint density at radius 2 is 1.38 bits per heavy atom. The Hall–Kier alpha value is -2.11. The van der Waals surface area contributed by atoms with Gasteiger partial charge in [0.1, 0.15) is 17.3 Å². The highest BCUT2D eigenvalue weighted by atomic mass is 19.1. The van der Waals surface area contributed by atoms with Crippen molar-refractivity contribution in [2.24, 2.45) is 0 Å². The number of hydrogen-bond donors (Lipinski definition) is 1. The van der Waals surface area contributed by atoms with Crippen LogP contribution in [-0.4, -0.2) is 23.4 Å². The number of hydrogen-bond acceptors (Lipinski definition) is 4. The minimum Gasteiger partial charge on any atom is -0.508 e. The van der Waals surface area contributed by atoms with Crippen LogP contribution in [0.15, 0.2) is 36.4 Å². The summed E-state index contributed by atoms with van der Waals surface area (Å²) in [5.41, 5.74) is 2.31. The molecule has 0 bridgehead atoms. The van der Waals surface area contributed by atoms with Gasteiger partial charge in [-0.05, 0) is 83.4 Å². The predicted molar refractivity (Wildman–Crippen MR) is 115 cm³/mol. The van der Waals surface area contributed by atoms with E-state index >= 15 is 0 Å². The number of halogens is 1. The molecule has 5 heteroatoms. The van der Waals surface area contributed by atoms with E-state index in [1.165, 1.54) is 19.2 Å². The molecule has 0 aliphatic carbocycles. The molecule has 0 saturated carbocycles. The minimum atomic E-state index is -0.304. The van der Waals surface area contributed by atoms with Gasteiger partial charge in [0.15, 0.2) is 0 Å². The van der Waals surface area contributed by atoms with E-state index in [4.69, 9.17) is 14.2 Å². The van der Waals surface area contributed by atoms with Crippen molar-refractivity contribution in [3.05, 3.63) is 58.9 Å². The van der Waals surface area contributed by atoms with E-state index in [1.54, 1.807) is 12.1 Å². The van der Waals surface area contributed by atoms with Gasteiger partial charge in [-0.2, -0.15) is 0 Å². The van der Waals surface area contributed by atoms with Crippen molar-refractivity contribution < 1.29 is 23.7 Å². The standard InChI is InChI=1S/C12H17FO2.C12H18O2/c1-12(2,3)15-8-9-5-10(13)7-11(6-9)14-4;1-9-5-6-10(7-11(9)13)8-14-12(2,3)4/h5-7H,8H2,1-4H3;5-7,13H,8H2,1-4H3. The first-order chi connectivity index (χ1) is 13.3. The first-order valence-corrected chi connectivity index (χ1v) is 9.69. The second-order valence-corrected chi connectivity index (χ2v) is 8.92. The third-order valence-electron chi connectivity index (χ3n) is 3.78. The summed E-state index contributed by atoms with van der Waals surface area (Å²) in [6.45, 7) is 14.7. The summed E-state index contributed by atoms with van der Waals surface area (Å²) < 4.78 is 29.2. The van der Waals surface area contributed by atoms with Crippen molar-refractivity contribution in [3.8, 4) is 11.5 Å². The normalized spacial score (nSPS) is 11.6. The highest BCUT2D eigenvalue weighted by Gasteiger charge is 2.11. The lowest BCUT2D eigenvalue weighted by Crippen LogP contribution is -2.18. The second-order valence-electron chi connectivity index (χ2n) is 8.92. The van der Waals surface area contributed by atoms with Gasteiger partial charge in [0.25, 0.3) is 0 Å². The van der Waals surface area contributed by atoms with Crippen molar-refractivity contribution in [2.45, 2.75) is 72.9 Å². The minimum absolute atomic E-state index is 0.138. The molecule has 4 nitrogen and oxygen atoms in total. The molecule has 0 amide bonds. The topological polar surface area (TPSA) is 47.9 Å². The van der Waals surface area contributed by atoms with Crippen LogP contribution >= 0.6 is 0 Å². The average molecular weight is 407 g/mol. The fourth-order valence-electron chi connectivity index (χ4n) is 2.17. The molecule has 0 saturated heterocycles. The maximum Gasteiger partial charge on any atom is 0.127 e. The van der Waals surface area contributed by atoms with Gasteiger partial charge >= 0.3 is 0 Å². The summed E-state index contributed by atoms with van der Waals surface area (Å²) >= 11 is 0. The molecule has 2 rings (SSSR count). The van der Waals surface area contributed by atoms with Crippen molar-refractivity contribution in [1.82, 2.24) is 0 Å². The molecule has 0 radical (unpaired) electrons. The van der Waals surface area contributed by atoms with E-state index < -0.39 is 0 Å². The summed E-state index contributed by atoms with van der Waals surface area (Å²) in [5.74, 6) is 0.546. The summed E-state index contributed by atoms with van der Waals surface area (Å²) in [4.78, 5) is 0. The molecule has 0 aliphatic rings. The third-order valence-corrected chi connectivity index (χ3v) is 3.78. The van der Waals surface area contributed by atoms with Crippen molar-refractivity contribution >= 4 is 0 Å². The molecule has 0 atom stereocenters. The van der Waals surface area contributed by atoms with Crippen LogP contribution in [0.25, 0.3) is 0 Å². The number of rotatable bonds is 5. The molecule has 0 heterocycles. The van der Waals surface area contributed by atoms with E-state index in [0.717, 1.165) is 16.7 Å². The third kappa shape index (κ3) is 10.9. The molecule has 29 heavy (non-hydrogen) atoms. The first kappa shape index (κ1) is 24.9. The lowest BCUT2D eigenvalue weighted by molar-refractivity contribution is -0.0153. The van der Waals surface area contributed by atoms with E-state index in [9.17, 15) is 9.50 Å². The molecular weight excluding hydrogens is 371 g/mol. The number of ether oxygens (including phenoxy) is 3. The van der Waals surface area contributed by atoms with E-state index in [2.05, 4.69) is 0 Å². The van der Waals surface area contributed by atoms with Crippen LogP contribution in [0.1, 0.15) is 58.2 Å². The Bertz CT molecular complexity index is 773.